The van der Waals surface area contributed by atoms with Crippen LogP contribution in [0.5, 0.6) is 0 Å². The molecular weight excluding hydrogens is 385 g/mol. The second-order valence-corrected chi connectivity index (χ2v) is 7.50. The van der Waals surface area contributed by atoms with Crippen molar-refractivity contribution >= 4 is 35.3 Å². The summed E-state index contributed by atoms with van der Waals surface area (Å²) in [5.41, 5.74) is 1.69. The largest absolute Gasteiger partial charge is 0.371 e. The molecule has 2 fully saturated rings. The Labute approximate surface area is 174 Å². The molecule has 4 amide bonds. The summed E-state index contributed by atoms with van der Waals surface area (Å²) in [7, 11) is 0. The van der Waals surface area contributed by atoms with Crippen molar-refractivity contribution in [2.45, 2.75) is 26.2 Å². The van der Waals surface area contributed by atoms with Crippen LogP contribution in [0.15, 0.2) is 48.0 Å². The monoisotopic (exact) mass is 407 g/mol. The first kappa shape index (κ1) is 19.8. The number of hydrogen-bond donors (Lipinski definition) is 1. The highest BCUT2D eigenvalue weighted by atomic mass is 19.1. The van der Waals surface area contributed by atoms with E-state index >= 15 is 0 Å². The second kappa shape index (κ2) is 8.10. The highest BCUT2D eigenvalue weighted by Crippen LogP contribution is 2.27. The first-order valence-corrected chi connectivity index (χ1v) is 9.97. The Kier molecular flexibility index (Phi) is 5.35. The topological polar surface area (TPSA) is 69.7 Å². The summed E-state index contributed by atoms with van der Waals surface area (Å²) >= 11 is 0. The summed E-state index contributed by atoms with van der Waals surface area (Å²) in [4.78, 5) is 40.7. The van der Waals surface area contributed by atoms with Gasteiger partial charge in [0.2, 0.25) is 0 Å². The molecule has 2 aliphatic heterocycles. The standard InChI is InChI=1S/C23H22FN3O3/c1-15-7-3-4-8-20(15)27-22(29)18(21(28)25-23(27)30)13-16-9-10-17(14-19(16)24)26-11-5-2-6-12-26/h3-4,7-10,13-14H,2,5-6,11-12H2,1H3,(H,25,28,30)/b18-13+. The number of nitrogens with one attached hydrogen (secondary N) is 1. The van der Waals surface area contributed by atoms with Crippen LogP contribution in [0.4, 0.5) is 20.6 Å². The molecule has 0 aliphatic carbocycles. The van der Waals surface area contributed by atoms with Crippen LogP contribution >= 0.6 is 0 Å². The van der Waals surface area contributed by atoms with Gasteiger partial charge in [-0.05, 0) is 62.1 Å². The predicted octanol–water partition coefficient (Wildman–Crippen LogP) is 3.79. The van der Waals surface area contributed by atoms with E-state index in [0.29, 0.717) is 11.3 Å². The number of imide groups is 2. The second-order valence-electron chi connectivity index (χ2n) is 7.50. The van der Waals surface area contributed by atoms with Gasteiger partial charge in [0.25, 0.3) is 11.8 Å². The normalized spacial score (nSPS) is 18.7. The van der Waals surface area contributed by atoms with E-state index in [1.807, 2.05) is 0 Å². The van der Waals surface area contributed by atoms with Crippen molar-refractivity contribution < 1.29 is 18.8 Å². The van der Waals surface area contributed by atoms with Gasteiger partial charge in [-0.3, -0.25) is 14.9 Å². The number of rotatable bonds is 3. The molecule has 0 unspecified atom stereocenters. The molecule has 6 nitrogen and oxygen atoms in total. The molecular formula is C23H22FN3O3. The fourth-order valence-electron chi connectivity index (χ4n) is 3.83. The predicted molar refractivity (Wildman–Crippen MR) is 113 cm³/mol. The number of carbonyl (C=O) groups excluding carboxylic acids is 3. The lowest BCUT2D eigenvalue weighted by molar-refractivity contribution is -0.122. The van der Waals surface area contributed by atoms with Crippen molar-refractivity contribution in [2.24, 2.45) is 0 Å². The van der Waals surface area contributed by atoms with Gasteiger partial charge in [-0.25, -0.2) is 14.1 Å². The number of aryl methyl sites for hydroxylation is 1. The number of halogens is 1. The Morgan fingerprint density at radius 1 is 1.00 bits per heavy atom. The van der Waals surface area contributed by atoms with Crippen molar-refractivity contribution in [3.63, 3.8) is 0 Å². The van der Waals surface area contributed by atoms with Crippen LogP contribution in [0.2, 0.25) is 0 Å². The molecule has 2 aliphatic rings. The minimum Gasteiger partial charge on any atom is -0.371 e. The molecule has 2 aromatic rings. The molecule has 2 saturated heterocycles. The smallest absolute Gasteiger partial charge is 0.335 e. The Balaban J connectivity index is 1.66. The van der Waals surface area contributed by atoms with Gasteiger partial charge in [0.05, 0.1) is 5.69 Å². The Morgan fingerprint density at radius 3 is 2.43 bits per heavy atom. The summed E-state index contributed by atoms with van der Waals surface area (Å²) in [5.74, 6) is -2.14. The summed E-state index contributed by atoms with van der Waals surface area (Å²) in [6, 6.07) is 10.8. The maximum Gasteiger partial charge on any atom is 0.335 e. The molecule has 0 radical (unpaired) electrons. The summed E-state index contributed by atoms with van der Waals surface area (Å²) in [5, 5.41) is 2.17. The zero-order valence-corrected chi connectivity index (χ0v) is 16.7. The first-order valence-electron chi connectivity index (χ1n) is 9.97. The van der Waals surface area contributed by atoms with E-state index in [1.54, 1.807) is 43.3 Å². The van der Waals surface area contributed by atoms with Gasteiger partial charge >= 0.3 is 6.03 Å². The van der Waals surface area contributed by atoms with Gasteiger partial charge in [0.1, 0.15) is 11.4 Å². The number of hydrogen-bond acceptors (Lipinski definition) is 4. The Bertz CT molecular complexity index is 1060. The molecule has 2 aromatic carbocycles. The molecule has 154 valence electrons. The summed E-state index contributed by atoms with van der Waals surface area (Å²) < 4.78 is 14.8. The Hall–Kier alpha value is -3.48. The minimum atomic E-state index is -0.839. The van der Waals surface area contributed by atoms with Crippen LogP contribution in [0, 0.1) is 12.7 Å². The lowest BCUT2D eigenvalue weighted by Crippen LogP contribution is -2.54. The number of barbiturate groups is 1. The fourth-order valence-corrected chi connectivity index (χ4v) is 3.83. The van der Waals surface area contributed by atoms with Gasteiger partial charge in [0.15, 0.2) is 0 Å². The maximum atomic E-state index is 14.8. The van der Waals surface area contributed by atoms with Gasteiger partial charge in [-0.2, -0.15) is 0 Å². The molecule has 0 saturated carbocycles. The van der Waals surface area contributed by atoms with Crippen molar-refractivity contribution in [1.82, 2.24) is 5.32 Å². The average Bonchev–Trinajstić information content (AvgIpc) is 2.74. The number of urea groups is 1. The first-order chi connectivity index (χ1) is 14.5. The number of anilines is 2. The van der Waals surface area contributed by atoms with Gasteiger partial charge in [0, 0.05) is 24.3 Å². The molecule has 30 heavy (non-hydrogen) atoms. The molecule has 0 spiro atoms. The zero-order valence-electron chi connectivity index (χ0n) is 16.7. The maximum absolute atomic E-state index is 14.8. The third-order valence-corrected chi connectivity index (χ3v) is 5.46. The number of amides is 4. The van der Waals surface area contributed by atoms with E-state index in [2.05, 4.69) is 10.2 Å². The van der Waals surface area contributed by atoms with Crippen molar-refractivity contribution in [1.29, 1.82) is 0 Å². The van der Waals surface area contributed by atoms with E-state index in [9.17, 15) is 18.8 Å². The zero-order chi connectivity index (χ0) is 21.3. The highest BCUT2D eigenvalue weighted by molar-refractivity contribution is 6.39. The number of piperidine rings is 1. The van der Waals surface area contributed by atoms with Crippen LogP contribution < -0.4 is 15.1 Å². The van der Waals surface area contributed by atoms with Crippen molar-refractivity contribution in [2.75, 3.05) is 22.9 Å². The van der Waals surface area contributed by atoms with Crippen LogP contribution in [0.1, 0.15) is 30.4 Å². The van der Waals surface area contributed by atoms with Crippen LogP contribution in [-0.4, -0.2) is 30.9 Å². The van der Waals surface area contributed by atoms with Gasteiger partial charge in [-0.15, -0.1) is 0 Å². The van der Waals surface area contributed by atoms with Crippen molar-refractivity contribution in [3.05, 3.63) is 65.0 Å². The van der Waals surface area contributed by atoms with Gasteiger partial charge < -0.3 is 4.90 Å². The van der Waals surface area contributed by atoms with Crippen LogP contribution in [0.3, 0.4) is 0 Å². The molecule has 0 atom stereocenters. The quantitative estimate of drug-likeness (QED) is 0.621. The lowest BCUT2D eigenvalue weighted by atomic mass is 10.0. The number of benzene rings is 2. The van der Waals surface area contributed by atoms with E-state index in [-0.39, 0.29) is 11.1 Å². The van der Waals surface area contributed by atoms with E-state index in [1.165, 1.54) is 18.6 Å². The van der Waals surface area contributed by atoms with Crippen LogP contribution in [-0.2, 0) is 9.59 Å². The minimum absolute atomic E-state index is 0.119. The molecule has 0 aromatic heterocycles. The van der Waals surface area contributed by atoms with E-state index < -0.39 is 23.7 Å². The average molecular weight is 407 g/mol. The third-order valence-electron chi connectivity index (χ3n) is 5.46. The highest BCUT2D eigenvalue weighted by Gasteiger charge is 2.37. The SMILES string of the molecule is Cc1ccccc1N1C(=O)NC(=O)/C(=C\c2ccc(N3CCCCC3)cc2F)C1=O. The fraction of sp³-hybridized carbons (Fsp3) is 0.261. The number of nitrogens with zero attached hydrogens (tertiary/aromatic N) is 2. The summed E-state index contributed by atoms with van der Waals surface area (Å²) in [6.07, 6.45) is 4.52. The molecule has 2 heterocycles. The molecule has 4 rings (SSSR count). The third kappa shape index (κ3) is 3.70. The van der Waals surface area contributed by atoms with E-state index in [0.717, 1.165) is 36.5 Å². The summed E-state index contributed by atoms with van der Waals surface area (Å²) in [6.45, 7) is 3.53. The van der Waals surface area contributed by atoms with Crippen LogP contribution in [0.25, 0.3) is 6.08 Å². The Morgan fingerprint density at radius 2 is 1.73 bits per heavy atom. The molecule has 1 N–H and O–H groups in total. The van der Waals surface area contributed by atoms with E-state index in [4.69, 9.17) is 0 Å². The lowest BCUT2D eigenvalue weighted by Gasteiger charge is -2.29. The number of para-hydroxylation sites is 1. The molecule has 7 heteroatoms. The van der Waals surface area contributed by atoms with Gasteiger partial charge in [-0.1, -0.05) is 18.2 Å². The molecule has 0 bridgehead atoms. The number of carbonyl (C=O) groups is 3. The van der Waals surface area contributed by atoms with Crippen molar-refractivity contribution in [3.8, 4) is 0 Å².